The summed E-state index contributed by atoms with van der Waals surface area (Å²) < 4.78 is 0. The molecule has 0 aromatic carbocycles. The third-order valence-corrected chi connectivity index (χ3v) is 4.24. The van der Waals surface area contributed by atoms with Crippen LogP contribution in [0.5, 0.6) is 0 Å². The SMILES string of the molecule is O=C(CC1CSCCN1)NC(C(=O)O)C1CC1. The molecular formula is C11H18N2O3S. The predicted octanol–water partition coefficient (Wildman–Crippen LogP) is 0.0609. The Balaban J connectivity index is 1.76. The van der Waals surface area contributed by atoms with Gasteiger partial charge in [-0.05, 0) is 18.8 Å². The molecule has 1 aliphatic heterocycles. The maximum absolute atomic E-state index is 11.7. The van der Waals surface area contributed by atoms with Crippen LogP contribution in [0.25, 0.3) is 0 Å². The summed E-state index contributed by atoms with van der Waals surface area (Å²) in [7, 11) is 0. The van der Waals surface area contributed by atoms with Crippen molar-refractivity contribution in [1.29, 1.82) is 0 Å². The van der Waals surface area contributed by atoms with Crippen LogP contribution >= 0.6 is 11.8 Å². The first-order chi connectivity index (χ1) is 8.16. The van der Waals surface area contributed by atoms with Crippen molar-refractivity contribution < 1.29 is 14.7 Å². The molecule has 1 saturated heterocycles. The third-order valence-electron chi connectivity index (χ3n) is 3.11. The molecule has 2 rings (SSSR count). The summed E-state index contributed by atoms with van der Waals surface area (Å²) in [5.74, 6) is 1.09. The zero-order valence-corrected chi connectivity index (χ0v) is 10.5. The van der Waals surface area contributed by atoms with Crippen LogP contribution in [0, 0.1) is 5.92 Å². The molecule has 0 spiro atoms. The van der Waals surface area contributed by atoms with Gasteiger partial charge in [0.2, 0.25) is 5.91 Å². The van der Waals surface area contributed by atoms with Crippen molar-refractivity contribution in [3.05, 3.63) is 0 Å². The number of carboxylic acid groups (broad SMARTS) is 1. The van der Waals surface area contributed by atoms with Crippen molar-refractivity contribution in [2.45, 2.75) is 31.3 Å². The van der Waals surface area contributed by atoms with Crippen LogP contribution in [0.4, 0.5) is 0 Å². The van der Waals surface area contributed by atoms with Gasteiger partial charge in [-0.15, -0.1) is 0 Å². The minimum atomic E-state index is -0.910. The molecule has 0 bridgehead atoms. The molecule has 1 saturated carbocycles. The zero-order valence-electron chi connectivity index (χ0n) is 9.65. The van der Waals surface area contributed by atoms with Crippen LogP contribution in [-0.4, -0.2) is 47.1 Å². The third kappa shape index (κ3) is 3.89. The van der Waals surface area contributed by atoms with Gasteiger partial charge in [0, 0.05) is 30.5 Å². The summed E-state index contributed by atoms with van der Waals surface area (Å²) in [5.41, 5.74) is 0. The Morgan fingerprint density at radius 3 is 2.76 bits per heavy atom. The molecule has 6 heteroatoms. The van der Waals surface area contributed by atoms with Gasteiger partial charge in [-0.1, -0.05) is 0 Å². The van der Waals surface area contributed by atoms with E-state index in [0.717, 1.165) is 30.9 Å². The molecule has 2 fully saturated rings. The molecule has 2 aliphatic rings. The Morgan fingerprint density at radius 2 is 2.24 bits per heavy atom. The van der Waals surface area contributed by atoms with Crippen molar-refractivity contribution >= 4 is 23.6 Å². The molecule has 1 aliphatic carbocycles. The van der Waals surface area contributed by atoms with Crippen molar-refractivity contribution in [3.8, 4) is 0 Å². The summed E-state index contributed by atoms with van der Waals surface area (Å²) in [6, 6.07) is -0.499. The molecule has 2 atom stereocenters. The quantitative estimate of drug-likeness (QED) is 0.650. The molecule has 0 aromatic rings. The first-order valence-corrected chi connectivity index (χ1v) is 7.15. The number of carboxylic acids is 1. The maximum Gasteiger partial charge on any atom is 0.326 e. The highest BCUT2D eigenvalue weighted by Crippen LogP contribution is 2.32. The number of rotatable bonds is 5. The molecule has 2 unspecified atom stereocenters. The summed E-state index contributed by atoms with van der Waals surface area (Å²) in [6.07, 6.45) is 2.20. The fourth-order valence-electron chi connectivity index (χ4n) is 2.02. The average Bonchev–Trinajstić information content (AvgIpc) is 3.11. The van der Waals surface area contributed by atoms with Crippen molar-refractivity contribution in [2.75, 3.05) is 18.1 Å². The van der Waals surface area contributed by atoms with E-state index in [9.17, 15) is 9.59 Å². The molecule has 5 nitrogen and oxygen atoms in total. The van der Waals surface area contributed by atoms with E-state index < -0.39 is 12.0 Å². The van der Waals surface area contributed by atoms with E-state index in [1.807, 2.05) is 11.8 Å². The number of hydrogen-bond acceptors (Lipinski definition) is 4. The van der Waals surface area contributed by atoms with Gasteiger partial charge in [0.25, 0.3) is 0 Å². The molecule has 1 heterocycles. The Kier molecular flexibility index (Phi) is 4.28. The monoisotopic (exact) mass is 258 g/mol. The number of thioether (sulfide) groups is 1. The summed E-state index contributed by atoms with van der Waals surface area (Å²) >= 11 is 1.83. The highest BCUT2D eigenvalue weighted by molar-refractivity contribution is 7.99. The van der Waals surface area contributed by atoms with E-state index in [-0.39, 0.29) is 17.9 Å². The van der Waals surface area contributed by atoms with E-state index in [1.165, 1.54) is 0 Å². The van der Waals surface area contributed by atoms with Crippen LogP contribution < -0.4 is 10.6 Å². The van der Waals surface area contributed by atoms with E-state index in [2.05, 4.69) is 10.6 Å². The van der Waals surface area contributed by atoms with Gasteiger partial charge in [0.15, 0.2) is 0 Å². The molecule has 0 radical (unpaired) electrons. The van der Waals surface area contributed by atoms with Crippen LogP contribution in [0.15, 0.2) is 0 Å². The number of hydrogen-bond donors (Lipinski definition) is 3. The lowest BCUT2D eigenvalue weighted by Crippen LogP contribution is -2.46. The fourth-order valence-corrected chi connectivity index (χ4v) is 2.97. The van der Waals surface area contributed by atoms with E-state index in [0.29, 0.717) is 6.42 Å². The van der Waals surface area contributed by atoms with E-state index in [1.54, 1.807) is 0 Å². The van der Waals surface area contributed by atoms with Crippen LogP contribution in [0.2, 0.25) is 0 Å². The normalized spacial score (nSPS) is 26.2. The van der Waals surface area contributed by atoms with Gasteiger partial charge in [-0.3, -0.25) is 4.79 Å². The number of carbonyl (C=O) groups is 2. The van der Waals surface area contributed by atoms with Gasteiger partial charge >= 0.3 is 5.97 Å². The molecule has 17 heavy (non-hydrogen) atoms. The average molecular weight is 258 g/mol. The summed E-state index contributed by atoms with van der Waals surface area (Å²) in [6.45, 7) is 0.924. The highest BCUT2D eigenvalue weighted by atomic mass is 32.2. The number of aliphatic carboxylic acids is 1. The smallest absolute Gasteiger partial charge is 0.326 e. The van der Waals surface area contributed by atoms with Gasteiger partial charge in [0.1, 0.15) is 6.04 Å². The second-order valence-corrected chi connectivity index (χ2v) is 5.80. The van der Waals surface area contributed by atoms with Crippen molar-refractivity contribution in [1.82, 2.24) is 10.6 Å². The van der Waals surface area contributed by atoms with Gasteiger partial charge in [-0.2, -0.15) is 11.8 Å². The van der Waals surface area contributed by atoms with Gasteiger partial charge in [0.05, 0.1) is 0 Å². The Morgan fingerprint density at radius 1 is 1.47 bits per heavy atom. The lowest BCUT2D eigenvalue weighted by Gasteiger charge is -2.23. The highest BCUT2D eigenvalue weighted by Gasteiger charge is 2.37. The van der Waals surface area contributed by atoms with Crippen molar-refractivity contribution in [3.63, 3.8) is 0 Å². The largest absolute Gasteiger partial charge is 0.480 e. The lowest BCUT2D eigenvalue weighted by molar-refractivity contribution is -0.142. The minimum absolute atomic E-state index is 0.144. The Hall–Kier alpha value is -0.750. The van der Waals surface area contributed by atoms with Crippen molar-refractivity contribution in [2.24, 2.45) is 5.92 Å². The lowest BCUT2D eigenvalue weighted by atomic mass is 10.1. The number of amides is 1. The first-order valence-electron chi connectivity index (χ1n) is 6.00. The summed E-state index contributed by atoms with van der Waals surface area (Å²) in [5, 5.41) is 14.9. The van der Waals surface area contributed by atoms with E-state index in [4.69, 9.17) is 5.11 Å². The first kappa shape index (κ1) is 12.7. The standard InChI is InChI=1S/C11H18N2O3S/c14-9(5-8-6-17-4-3-12-8)13-10(11(15)16)7-1-2-7/h7-8,10,12H,1-6H2,(H,13,14)(H,15,16). The Bertz CT molecular complexity index is 301. The number of carbonyl (C=O) groups excluding carboxylic acids is 1. The van der Waals surface area contributed by atoms with Crippen LogP contribution in [0.1, 0.15) is 19.3 Å². The molecule has 1 amide bonds. The topological polar surface area (TPSA) is 78.4 Å². The molecule has 3 N–H and O–H groups in total. The van der Waals surface area contributed by atoms with Crippen LogP contribution in [-0.2, 0) is 9.59 Å². The Labute approximate surface area is 105 Å². The summed E-state index contributed by atoms with van der Waals surface area (Å²) in [4.78, 5) is 22.7. The fraction of sp³-hybridized carbons (Fsp3) is 0.818. The predicted molar refractivity (Wildman–Crippen MR) is 66.0 cm³/mol. The zero-order chi connectivity index (χ0) is 12.3. The molecule has 0 aromatic heterocycles. The second kappa shape index (κ2) is 5.73. The minimum Gasteiger partial charge on any atom is -0.480 e. The van der Waals surface area contributed by atoms with Gasteiger partial charge in [-0.25, -0.2) is 4.79 Å². The molecule has 96 valence electrons. The molecular weight excluding hydrogens is 240 g/mol. The number of nitrogens with one attached hydrogen (secondary N) is 2. The van der Waals surface area contributed by atoms with E-state index >= 15 is 0 Å². The second-order valence-electron chi connectivity index (χ2n) is 4.65. The maximum atomic E-state index is 11.7. The van der Waals surface area contributed by atoms with Gasteiger partial charge < -0.3 is 15.7 Å². The van der Waals surface area contributed by atoms with Crippen LogP contribution in [0.3, 0.4) is 0 Å².